The predicted molar refractivity (Wildman–Crippen MR) is 92.6 cm³/mol. The summed E-state index contributed by atoms with van der Waals surface area (Å²) in [5.74, 6) is -21.5. The zero-order valence-corrected chi connectivity index (χ0v) is 17.5. The minimum atomic E-state index is -6.98. The zero-order chi connectivity index (χ0) is 24.3. The van der Waals surface area contributed by atoms with Crippen molar-refractivity contribution in [1.82, 2.24) is 0 Å². The molecule has 0 fully saturated rings. The second-order valence-electron chi connectivity index (χ2n) is 8.15. The maximum absolute atomic E-state index is 14.0. The molecule has 0 saturated carbocycles. The number of ether oxygens (including phenoxy) is 1. The van der Waals surface area contributed by atoms with Gasteiger partial charge in [-0.05, 0) is 32.1 Å². The van der Waals surface area contributed by atoms with Crippen molar-refractivity contribution in [2.75, 3.05) is 0 Å². The Hall–Kier alpha value is -1.42. The van der Waals surface area contributed by atoms with E-state index < -0.39 is 66.1 Å². The lowest BCUT2D eigenvalue weighted by Crippen LogP contribution is -2.61. The molecule has 2 atom stereocenters. The van der Waals surface area contributed by atoms with Gasteiger partial charge in [-0.15, -0.1) is 0 Å². The van der Waals surface area contributed by atoms with E-state index in [2.05, 4.69) is 0 Å². The molecular formula is C19H27F9O2. The molecule has 0 spiro atoms. The van der Waals surface area contributed by atoms with Crippen LogP contribution in [0.3, 0.4) is 0 Å². The van der Waals surface area contributed by atoms with E-state index in [9.17, 15) is 44.3 Å². The first-order valence-corrected chi connectivity index (χ1v) is 9.22. The summed E-state index contributed by atoms with van der Waals surface area (Å²) in [5, 5.41) is 0. The Morgan fingerprint density at radius 2 is 1.37 bits per heavy atom. The molecule has 2 unspecified atom stereocenters. The highest BCUT2D eigenvalue weighted by atomic mass is 19.4. The van der Waals surface area contributed by atoms with E-state index in [0.29, 0.717) is 0 Å². The maximum Gasteiger partial charge on any atom is 0.460 e. The lowest BCUT2D eigenvalue weighted by atomic mass is 9.78. The molecule has 0 aromatic carbocycles. The highest BCUT2D eigenvalue weighted by molar-refractivity contribution is 5.79. The molecule has 2 nitrogen and oxygen atoms in total. The van der Waals surface area contributed by atoms with Crippen LogP contribution in [0.2, 0.25) is 0 Å². The topological polar surface area (TPSA) is 26.3 Å². The Bertz CT molecular complexity index is 610. The molecule has 0 rings (SSSR count). The summed E-state index contributed by atoms with van der Waals surface area (Å²) >= 11 is 0. The van der Waals surface area contributed by atoms with Gasteiger partial charge in [0.25, 0.3) is 0 Å². The van der Waals surface area contributed by atoms with Crippen molar-refractivity contribution in [2.45, 2.75) is 84.4 Å². The van der Waals surface area contributed by atoms with Gasteiger partial charge in [0.05, 0.1) is 11.8 Å². The molecule has 0 aromatic rings. The number of rotatable bonds is 10. The molecule has 0 radical (unpaired) electrons. The molecule has 0 aliphatic heterocycles. The number of halogens is 9. The van der Waals surface area contributed by atoms with Crippen molar-refractivity contribution < 1.29 is 49.0 Å². The third kappa shape index (κ3) is 5.84. The second-order valence-corrected chi connectivity index (χ2v) is 8.15. The molecule has 30 heavy (non-hydrogen) atoms. The normalized spacial score (nSPS) is 17.5. The summed E-state index contributed by atoms with van der Waals surface area (Å²) < 4.78 is 123. The summed E-state index contributed by atoms with van der Waals surface area (Å²) in [6.45, 7) is 9.07. The van der Waals surface area contributed by atoms with Crippen LogP contribution in [-0.2, 0) is 9.53 Å². The average molecular weight is 458 g/mol. The first-order chi connectivity index (χ1) is 13.2. The van der Waals surface area contributed by atoms with E-state index in [-0.39, 0.29) is 0 Å². The predicted octanol–water partition coefficient (Wildman–Crippen LogP) is 7.04. The van der Waals surface area contributed by atoms with E-state index >= 15 is 0 Å². The van der Waals surface area contributed by atoms with Crippen LogP contribution in [0.25, 0.3) is 0 Å². The van der Waals surface area contributed by atoms with E-state index in [4.69, 9.17) is 4.74 Å². The van der Waals surface area contributed by atoms with Crippen LogP contribution >= 0.6 is 0 Å². The van der Waals surface area contributed by atoms with Crippen molar-refractivity contribution in [2.24, 2.45) is 17.3 Å². The van der Waals surface area contributed by atoms with Crippen molar-refractivity contribution in [3.8, 4) is 0 Å². The first-order valence-electron chi connectivity index (χ1n) is 9.22. The van der Waals surface area contributed by atoms with Crippen molar-refractivity contribution in [3.63, 3.8) is 0 Å². The van der Waals surface area contributed by atoms with Crippen LogP contribution in [0.1, 0.15) is 54.4 Å². The third-order valence-corrected chi connectivity index (χ3v) is 4.85. The molecule has 0 aliphatic rings. The molecule has 11 heteroatoms. The van der Waals surface area contributed by atoms with Crippen molar-refractivity contribution in [3.05, 3.63) is 12.2 Å². The van der Waals surface area contributed by atoms with Crippen LogP contribution < -0.4 is 0 Å². The van der Waals surface area contributed by atoms with Gasteiger partial charge in [0, 0.05) is 0 Å². The van der Waals surface area contributed by atoms with Gasteiger partial charge in [-0.25, -0.2) is 0 Å². The zero-order valence-electron chi connectivity index (χ0n) is 17.5. The molecule has 0 saturated heterocycles. The van der Waals surface area contributed by atoms with Gasteiger partial charge in [0.2, 0.25) is 0 Å². The Morgan fingerprint density at radius 1 is 0.900 bits per heavy atom. The highest BCUT2D eigenvalue weighted by Gasteiger charge is 2.81. The van der Waals surface area contributed by atoms with Crippen molar-refractivity contribution >= 4 is 5.97 Å². The summed E-state index contributed by atoms with van der Waals surface area (Å²) in [4.78, 5) is 12.5. The Morgan fingerprint density at radius 3 is 1.70 bits per heavy atom. The van der Waals surface area contributed by atoms with Crippen LogP contribution in [0.15, 0.2) is 12.2 Å². The number of carbonyl (C=O) groups excluding carboxylic acids is 1. The van der Waals surface area contributed by atoms with Gasteiger partial charge in [0.15, 0.2) is 0 Å². The molecule has 0 N–H and O–H groups in total. The minimum absolute atomic E-state index is 0.419. The fourth-order valence-electron chi connectivity index (χ4n) is 2.64. The fraction of sp³-hybridized carbons (Fsp3) is 0.842. The third-order valence-electron chi connectivity index (χ3n) is 4.85. The molecule has 178 valence electrons. The average Bonchev–Trinajstić information content (AvgIpc) is 2.51. The van der Waals surface area contributed by atoms with Gasteiger partial charge in [-0.2, -0.15) is 39.5 Å². The standard InChI is InChI=1S/C19H27F9O2/c1-7-8-15(6,12(4)5)14(29)30-13(9-11(2)3)10-16(20,21)17(22,23)18(24,25)19(26,27)28/h7-8,11-13H,9-10H2,1-6H3/b8-7+. The Balaban J connectivity index is 5.95. The number of hydrogen-bond donors (Lipinski definition) is 0. The first kappa shape index (κ1) is 28.6. The molecular weight excluding hydrogens is 431 g/mol. The molecule has 0 aliphatic carbocycles. The van der Waals surface area contributed by atoms with E-state index in [0.717, 1.165) is 0 Å². The second kappa shape index (κ2) is 9.38. The Labute approximate surface area is 169 Å². The Kier molecular flexibility index (Phi) is 8.94. The van der Waals surface area contributed by atoms with E-state index in [1.807, 2.05) is 0 Å². The SMILES string of the molecule is C/C=C/C(C)(C(=O)OC(CC(C)C)CC(F)(F)C(F)(F)C(F)(F)C(F)(F)F)C(C)C. The number of allylic oxidation sites excluding steroid dienone is 1. The molecule has 0 amide bonds. The van der Waals surface area contributed by atoms with Gasteiger partial charge >= 0.3 is 29.9 Å². The largest absolute Gasteiger partial charge is 0.461 e. The smallest absolute Gasteiger partial charge is 0.460 e. The van der Waals surface area contributed by atoms with Gasteiger partial charge in [0.1, 0.15) is 6.10 Å². The monoisotopic (exact) mass is 458 g/mol. The van der Waals surface area contributed by atoms with Gasteiger partial charge < -0.3 is 4.74 Å². The number of esters is 1. The molecule has 0 bridgehead atoms. The highest BCUT2D eigenvalue weighted by Crippen LogP contribution is 2.54. The number of alkyl halides is 9. The summed E-state index contributed by atoms with van der Waals surface area (Å²) in [6, 6.07) is 0. The number of carbonyl (C=O) groups is 1. The van der Waals surface area contributed by atoms with Gasteiger partial charge in [-0.1, -0.05) is 39.8 Å². The van der Waals surface area contributed by atoms with E-state index in [1.54, 1.807) is 20.8 Å². The maximum atomic E-state index is 14.0. The van der Waals surface area contributed by atoms with Crippen LogP contribution in [0.5, 0.6) is 0 Å². The van der Waals surface area contributed by atoms with Crippen LogP contribution in [0.4, 0.5) is 39.5 Å². The lowest BCUT2D eigenvalue weighted by Gasteiger charge is -2.36. The summed E-state index contributed by atoms with van der Waals surface area (Å²) in [6.07, 6.45) is -8.67. The van der Waals surface area contributed by atoms with Crippen LogP contribution in [-0.4, -0.2) is 36.0 Å². The van der Waals surface area contributed by atoms with Gasteiger partial charge in [-0.3, -0.25) is 4.79 Å². The van der Waals surface area contributed by atoms with Crippen LogP contribution in [0, 0.1) is 17.3 Å². The summed E-state index contributed by atoms with van der Waals surface area (Å²) in [7, 11) is 0. The summed E-state index contributed by atoms with van der Waals surface area (Å²) in [5.41, 5.74) is -1.35. The molecule has 0 aromatic heterocycles. The lowest BCUT2D eigenvalue weighted by molar-refractivity contribution is -0.398. The fourth-order valence-corrected chi connectivity index (χ4v) is 2.64. The minimum Gasteiger partial charge on any atom is -0.461 e. The number of hydrogen-bond acceptors (Lipinski definition) is 2. The molecule has 0 heterocycles. The quantitative estimate of drug-likeness (QED) is 0.199. The van der Waals surface area contributed by atoms with E-state index in [1.165, 1.54) is 32.9 Å². The van der Waals surface area contributed by atoms with Crippen molar-refractivity contribution in [1.29, 1.82) is 0 Å².